The van der Waals surface area contributed by atoms with Crippen LogP contribution in [0.2, 0.25) is 10.0 Å². The van der Waals surface area contributed by atoms with E-state index in [1.165, 1.54) is 6.07 Å². The SMILES string of the molecule is Cc1ccc(C)c(-c2ccc(=O)n(CC(=O)Nc3cc(Cl)ccc3Cl)n2)c1. The van der Waals surface area contributed by atoms with Crippen molar-refractivity contribution in [1.29, 1.82) is 0 Å². The number of nitrogens with zero attached hydrogens (tertiary/aromatic N) is 2. The minimum absolute atomic E-state index is 0.236. The molecule has 0 saturated heterocycles. The molecule has 0 aliphatic rings. The van der Waals surface area contributed by atoms with E-state index < -0.39 is 5.91 Å². The van der Waals surface area contributed by atoms with E-state index in [1.807, 2.05) is 32.0 Å². The number of hydrogen-bond acceptors (Lipinski definition) is 3. The molecule has 0 saturated carbocycles. The third-order valence-electron chi connectivity index (χ3n) is 4.03. The largest absolute Gasteiger partial charge is 0.323 e. The summed E-state index contributed by atoms with van der Waals surface area (Å²) in [7, 11) is 0. The van der Waals surface area contributed by atoms with Crippen molar-refractivity contribution < 1.29 is 4.79 Å². The Morgan fingerprint density at radius 3 is 2.63 bits per heavy atom. The molecule has 1 aromatic heterocycles. The van der Waals surface area contributed by atoms with Gasteiger partial charge >= 0.3 is 0 Å². The molecule has 0 atom stereocenters. The lowest BCUT2D eigenvalue weighted by Crippen LogP contribution is -2.29. The molecule has 3 rings (SSSR count). The normalized spacial score (nSPS) is 10.7. The fraction of sp³-hybridized carbons (Fsp3) is 0.150. The lowest BCUT2D eigenvalue weighted by molar-refractivity contribution is -0.117. The molecule has 2 aromatic carbocycles. The summed E-state index contributed by atoms with van der Waals surface area (Å²) in [6.45, 7) is 3.72. The smallest absolute Gasteiger partial charge is 0.267 e. The highest BCUT2D eigenvalue weighted by Gasteiger charge is 2.11. The number of hydrogen-bond donors (Lipinski definition) is 1. The minimum atomic E-state index is -0.424. The Morgan fingerprint density at radius 2 is 1.85 bits per heavy atom. The van der Waals surface area contributed by atoms with Gasteiger partial charge in [0, 0.05) is 16.7 Å². The number of nitrogens with one attached hydrogen (secondary N) is 1. The van der Waals surface area contributed by atoms with Crippen molar-refractivity contribution in [2.24, 2.45) is 0 Å². The molecule has 27 heavy (non-hydrogen) atoms. The first kappa shape index (κ1) is 19.1. The maximum absolute atomic E-state index is 12.4. The first-order chi connectivity index (χ1) is 12.8. The number of aromatic nitrogens is 2. The van der Waals surface area contributed by atoms with E-state index in [-0.39, 0.29) is 12.1 Å². The predicted octanol–water partition coefficient (Wildman–Crippen LogP) is 4.47. The van der Waals surface area contributed by atoms with Gasteiger partial charge in [-0.2, -0.15) is 5.10 Å². The van der Waals surface area contributed by atoms with Gasteiger partial charge in [-0.15, -0.1) is 0 Å². The molecule has 138 valence electrons. The van der Waals surface area contributed by atoms with Crippen molar-refractivity contribution >= 4 is 34.8 Å². The van der Waals surface area contributed by atoms with Crippen LogP contribution in [0.4, 0.5) is 5.69 Å². The number of carbonyl (C=O) groups is 1. The predicted molar refractivity (Wildman–Crippen MR) is 108 cm³/mol. The van der Waals surface area contributed by atoms with Gasteiger partial charge in [0.25, 0.3) is 5.56 Å². The maximum Gasteiger partial charge on any atom is 0.267 e. The lowest BCUT2D eigenvalue weighted by atomic mass is 10.0. The molecule has 0 aliphatic heterocycles. The summed E-state index contributed by atoms with van der Waals surface area (Å²) < 4.78 is 1.13. The summed E-state index contributed by atoms with van der Waals surface area (Å²) in [6, 6.07) is 13.8. The van der Waals surface area contributed by atoms with Crippen LogP contribution in [0.3, 0.4) is 0 Å². The summed E-state index contributed by atoms with van der Waals surface area (Å²) in [5.74, 6) is -0.424. The van der Waals surface area contributed by atoms with E-state index in [4.69, 9.17) is 23.2 Å². The fourth-order valence-corrected chi connectivity index (χ4v) is 2.97. The van der Waals surface area contributed by atoms with Crippen LogP contribution in [0.5, 0.6) is 0 Å². The Bertz CT molecular complexity index is 1080. The highest BCUT2D eigenvalue weighted by atomic mass is 35.5. The van der Waals surface area contributed by atoms with E-state index in [0.29, 0.717) is 21.4 Å². The second-order valence-corrected chi connectivity index (χ2v) is 7.05. The number of aryl methyl sites for hydroxylation is 2. The summed E-state index contributed by atoms with van der Waals surface area (Å²) in [6.07, 6.45) is 0. The minimum Gasteiger partial charge on any atom is -0.323 e. The highest BCUT2D eigenvalue weighted by Crippen LogP contribution is 2.25. The monoisotopic (exact) mass is 401 g/mol. The van der Waals surface area contributed by atoms with Crippen LogP contribution in [0, 0.1) is 13.8 Å². The number of halogens is 2. The van der Waals surface area contributed by atoms with Gasteiger partial charge in [0.2, 0.25) is 5.91 Å². The van der Waals surface area contributed by atoms with Crippen LogP contribution in [-0.2, 0) is 11.3 Å². The average molecular weight is 402 g/mol. The Kier molecular flexibility index (Phi) is 5.63. The third-order valence-corrected chi connectivity index (χ3v) is 4.60. The summed E-state index contributed by atoms with van der Waals surface area (Å²) in [4.78, 5) is 24.5. The van der Waals surface area contributed by atoms with E-state index in [9.17, 15) is 9.59 Å². The maximum atomic E-state index is 12.4. The highest BCUT2D eigenvalue weighted by molar-refractivity contribution is 6.35. The molecule has 1 heterocycles. The molecule has 0 spiro atoms. The quantitative estimate of drug-likeness (QED) is 0.700. The number of amides is 1. The van der Waals surface area contributed by atoms with Crippen LogP contribution in [0.1, 0.15) is 11.1 Å². The van der Waals surface area contributed by atoms with Crippen molar-refractivity contribution in [3.63, 3.8) is 0 Å². The molecule has 0 aliphatic carbocycles. The molecule has 7 heteroatoms. The zero-order valence-electron chi connectivity index (χ0n) is 14.8. The molecule has 1 amide bonds. The van der Waals surface area contributed by atoms with Crippen LogP contribution < -0.4 is 10.9 Å². The van der Waals surface area contributed by atoms with Gasteiger partial charge in [0.1, 0.15) is 6.54 Å². The van der Waals surface area contributed by atoms with Gasteiger partial charge in [-0.3, -0.25) is 9.59 Å². The Hall–Kier alpha value is -2.63. The second kappa shape index (κ2) is 7.94. The van der Waals surface area contributed by atoms with E-state index >= 15 is 0 Å². The van der Waals surface area contributed by atoms with Gasteiger partial charge in [-0.25, -0.2) is 4.68 Å². The number of benzene rings is 2. The van der Waals surface area contributed by atoms with E-state index in [2.05, 4.69) is 10.4 Å². The third kappa shape index (κ3) is 4.56. The number of carbonyl (C=O) groups excluding carboxylic acids is 1. The molecule has 0 unspecified atom stereocenters. The second-order valence-electron chi connectivity index (χ2n) is 6.21. The Balaban J connectivity index is 1.86. The fourth-order valence-electron chi connectivity index (χ4n) is 2.64. The van der Waals surface area contributed by atoms with Gasteiger partial charge in [0.05, 0.1) is 16.4 Å². The first-order valence-corrected chi connectivity index (χ1v) is 9.00. The van der Waals surface area contributed by atoms with Crippen LogP contribution in [-0.4, -0.2) is 15.7 Å². The summed E-state index contributed by atoms with van der Waals surface area (Å²) in [5, 5.41) is 7.81. The van der Waals surface area contributed by atoms with Crippen molar-refractivity contribution in [3.05, 3.63) is 80.1 Å². The van der Waals surface area contributed by atoms with E-state index in [1.54, 1.807) is 24.3 Å². The molecule has 0 bridgehead atoms. The van der Waals surface area contributed by atoms with Gasteiger partial charge in [-0.1, -0.05) is 40.9 Å². The topological polar surface area (TPSA) is 64.0 Å². The summed E-state index contributed by atoms with van der Waals surface area (Å²) in [5.41, 5.74) is 3.69. The molecular formula is C20H17Cl2N3O2. The molecular weight excluding hydrogens is 385 g/mol. The van der Waals surface area contributed by atoms with Crippen molar-refractivity contribution in [3.8, 4) is 11.3 Å². The standard InChI is InChI=1S/C20H17Cl2N3O2/c1-12-3-4-13(2)15(9-12)17-7-8-20(27)25(24-17)11-19(26)23-18-10-14(21)5-6-16(18)22/h3-10H,11H2,1-2H3,(H,23,26). The van der Waals surface area contributed by atoms with Gasteiger partial charge in [0.15, 0.2) is 0 Å². The van der Waals surface area contributed by atoms with Gasteiger partial charge in [-0.05, 0) is 49.7 Å². The van der Waals surface area contributed by atoms with Crippen molar-refractivity contribution in [1.82, 2.24) is 9.78 Å². The van der Waals surface area contributed by atoms with Crippen molar-refractivity contribution in [2.75, 3.05) is 5.32 Å². The zero-order valence-corrected chi connectivity index (χ0v) is 16.3. The van der Waals surface area contributed by atoms with Crippen LogP contribution >= 0.6 is 23.2 Å². The number of rotatable bonds is 4. The lowest BCUT2D eigenvalue weighted by Gasteiger charge is -2.11. The van der Waals surface area contributed by atoms with Crippen LogP contribution in [0.15, 0.2) is 53.3 Å². The van der Waals surface area contributed by atoms with Crippen molar-refractivity contribution in [2.45, 2.75) is 20.4 Å². The summed E-state index contributed by atoms with van der Waals surface area (Å²) >= 11 is 12.0. The molecule has 5 nitrogen and oxygen atoms in total. The van der Waals surface area contributed by atoms with Gasteiger partial charge < -0.3 is 5.32 Å². The molecule has 3 aromatic rings. The molecule has 0 radical (unpaired) electrons. The molecule has 1 N–H and O–H groups in total. The van der Waals surface area contributed by atoms with Crippen LogP contribution in [0.25, 0.3) is 11.3 Å². The van der Waals surface area contributed by atoms with E-state index in [0.717, 1.165) is 21.4 Å². The Morgan fingerprint density at radius 1 is 1.07 bits per heavy atom. The number of anilines is 1. The first-order valence-electron chi connectivity index (χ1n) is 8.24. The molecule has 0 fully saturated rings. The zero-order chi connectivity index (χ0) is 19.6. The average Bonchev–Trinajstić information content (AvgIpc) is 2.62. The Labute approximate surface area is 166 Å².